The highest BCUT2D eigenvalue weighted by Crippen LogP contribution is 2.22. The van der Waals surface area contributed by atoms with Gasteiger partial charge in [-0.1, -0.05) is 42.5 Å². The number of hydrogen-bond donors (Lipinski definition) is 1. The lowest BCUT2D eigenvalue weighted by Gasteiger charge is -2.19. The van der Waals surface area contributed by atoms with E-state index in [1.807, 2.05) is 6.07 Å². The number of methoxy groups -OCH3 is 1. The van der Waals surface area contributed by atoms with Crippen molar-refractivity contribution in [3.8, 4) is 0 Å². The molecule has 0 bridgehead atoms. The van der Waals surface area contributed by atoms with Crippen LogP contribution < -0.4 is 5.32 Å². The van der Waals surface area contributed by atoms with Crippen LogP contribution in [0.1, 0.15) is 26.3 Å². The summed E-state index contributed by atoms with van der Waals surface area (Å²) in [7, 11) is 1.13. The van der Waals surface area contributed by atoms with Crippen LogP contribution in [0.25, 0.3) is 0 Å². The largest absolute Gasteiger partial charge is 0.467 e. The molecule has 0 saturated heterocycles. The van der Waals surface area contributed by atoms with Crippen molar-refractivity contribution >= 4 is 23.9 Å². The predicted octanol–water partition coefficient (Wildman–Crippen LogP) is 1.68. The first-order chi connectivity index (χ1) is 14.0. The van der Waals surface area contributed by atoms with Gasteiger partial charge in [-0.15, -0.1) is 5.06 Å². The molecule has 3 rings (SSSR count). The third-order valence-electron chi connectivity index (χ3n) is 4.12. The van der Waals surface area contributed by atoms with Crippen molar-refractivity contribution in [2.75, 3.05) is 13.7 Å². The summed E-state index contributed by atoms with van der Waals surface area (Å²) in [5.74, 6) is -2.12. The van der Waals surface area contributed by atoms with Crippen molar-refractivity contribution in [1.82, 2.24) is 10.4 Å². The smallest absolute Gasteiger partial charge is 0.408 e. The predicted molar refractivity (Wildman–Crippen MR) is 98.5 cm³/mol. The van der Waals surface area contributed by atoms with Crippen LogP contribution in [0.15, 0.2) is 54.6 Å². The summed E-state index contributed by atoms with van der Waals surface area (Å²) in [6, 6.07) is 13.9. The van der Waals surface area contributed by atoms with Gasteiger partial charge in [0.05, 0.1) is 18.2 Å². The molecule has 9 nitrogen and oxygen atoms in total. The zero-order chi connectivity index (χ0) is 20.8. The number of carbonyl (C=O) groups is 4. The Kier molecular flexibility index (Phi) is 6.20. The molecule has 150 valence electrons. The van der Waals surface area contributed by atoms with E-state index in [0.29, 0.717) is 5.06 Å². The number of nitrogens with one attached hydrogen (secondary N) is 1. The second kappa shape index (κ2) is 8.98. The molecule has 0 saturated carbocycles. The summed E-state index contributed by atoms with van der Waals surface area (Å²) in [4.78, 5) is 53.8. The molecule has 29 heavy (non-hydrogen) atoms. The molecule has 1 heterocycles. The van der Waals surface area contributed by atoms with E-state index in [2.05, 4.69) is 10.1 Å². The van der Waals surface area contributed by atoms with Crippen LogP contribution in [0.2, 0.25) is 0 Å². The standard InChI is InChI=1S/C20H18N2O7/c1-27-19(25)16(21-20(26)28-11-13-7-3-2-4-8-13)12-29-22-17(23)14-9-5-6-10-15(14)18(22)24/h2-10,16H,11-12H2,1H3,(H,21,26)/t16-/m0/s1. The number of benzene rings is 2. The highest BCUT2D eigenvalue weighted by atomic mass is 16.7. The summed E-state index contributed by atoms with van der Waals surface area (Å²) < 4.78 is 9.69. The van der Waals surface area contributed by atoms with Crippen LogP contribution in [-0.4, -0.2) is 48.7 Å². The van der Waals surface area contributed by atoms with Gasteiger partial charge >= 0.3 is 12.1 Å². The van der Waals surface area contributed by atoms with Crippen molar-refractivity contribution in [1.29, 1.82) is 0 Å². The van der Waals surface area contributed by atoms with Crippen LogP contribution in [0.5, 0.6) is 0 Å². The third-order valence-corrected chi connectivity index (χ3v) is 4.12. The molecule has 0 aromatic heterocycles. The summed E-state index contributed by atoms with van der Waals surface area (Å²) in [5.41, 5.74) is 1.16. The van der Waals surface area contributed by atoms with E-state index in [9.17, 15) is 19.2 Å². The Bertz CT molecular complexity index is 894. The molecule has 0 fully saturated rings. The van der Waals surface area contributed by atoms with Gasteiger partial charge in [-0.2, -0.15) is 0 Å². The minimum absolute atomic E-state index is 0.000169. The van der Waals surface area contributed by atoms with Gasteiger partial charge in [-0.25, -0.2) is 9.59 Å². The normalized spacial score (nSPS) is 13.6. The highest BCUT2D eigenvalue weighted by molar-refractivity contribution is 6.20. The van der Waals surface area contributed by atoms with Gasteiger partial charge in [0.15, 0.2) is 6.04 Å². The number of alkyl carbamates (subject to hydrolysis) is 1. The minimum Gasteiger partial charge on any atom is -0.467 e. The van der Waals surface area contributed by atoms with E-state index in [-0.39, 0.29) is 17.7 Å². The van der Waals surface area contributed by atoms with E-state index in [1.54, 1.807) is 36.4 Å². The molecule has 1 aliphatic heterocycles. The van der Waals surface area contributed by atoms with Crippen molar-refractivity contribution in [3.05, 3.63) is 71.3 Å². The summed E-state index contributed by atoms with van der Waals surface area (Å²) in [6.07, 6.45) is -0.879. The average Bonchev–Trinajstić information content (AvgIpc) is 3.00. The number of amides is 3. The second-order valence-electron chi connectivity index (χ2n) is 6.03. The molecule has 9 heteroatoms. The Morgan fingerprint density at radius 3 is 2.14 bits per heavy atom. The number of hydrogen-bond acceptors (Lipinski definition) is 7. The van der Waals surface area contributed by atoms with Crippen LogP contribution in [-0.2, 0) is 25.7 Å². The first kappa shape index (κ1) is 20.0. The van der Waals surface area contributed by atoms with E-state index >= 15 is 0 Å². The van der Waals surface area contributed by atoms with E-state index in [0.717, 1.165) is 12.7 Å². The fourth-order valence-corrected chi connectivity index (χ4v) is 2.65. The first-order valence-corrected chi connectivity index (χ1v) is 8.67. The summed E-state index contributed by atoms with van der Waals surface area (Å²) in [6.45, 7) is -0.502. The molecular weight excluding hydrogens is 380 g/mol. The fraction of sp³-hybridized carbons (Fsp3) is 0.200. The van der Waals surface area contributed by atoms with Crippen molar-refractivity contribution in [2.24, 2.45) is 0 Å². The summed E-state index contributed by atoms with van der Waals surface area (Å²) >= 11 is 0. The molecule has 2 aromatic carbocycles. The lowest BCUT2D eigenvalue weighted by atomic mass is 10.1. The Morgan fingerprint density at radius 2 is 1.55 bits per heavy atom. The van der Waals surface area contributed by atoms with Crippen LogP contribution >= 0.6 is 0 Å². The Morgan fingerprint density at radius 1 is 0.966 bits per heavy atom. The number of ether oxygens (including phenoxy) is 2. The second-order valence-corrected chi connectivity index (χ2v) is 6.03. The maximum absolute atomic E-state index is 12.3. The van der Waals surface area contributed by atoms with Gasteiger partial charge in [-0.05, 0) is 17.7 Å². The van der Waals surface area contributed by atoms with Crippen LogP contribution in [0, 0.1) is 0 Å². The molecular formula is C20H18N2O7. The van der Waals surface area contributed by atoms with Crippen LogP contribution in [0.3, 0.4) is 0 Å². The molecule has 1 N–H and O–H groups in total. The quantitative estimate of drug-likeness (QED) is 0.558. The molecule has 0 unspecified atom stereocenters. The molecule has 0 spiro atoms. The lowest BCUT2D eigenvalue weighted by molar-refractivity contribution is -0.150. The Hall–Kier alpha value is -3.72. The number of fused-ring (bicyclic) bond motifs is 1. The van der Waals surface area contributed by atoms with E-state index in [4.69, 9.17) is 9.57 Å². The number of imide groups is 1. The number of carbonyl (C=O) groups excluding carboxylic acids is 4. The van der Waals surface area contributed by atoms with Crippen LogP contribution in [0.4, 0.5) is 4.79 Å². The lowest BCUT2D eigenvalue weighted by Crippen LogP contribution is -2.47. The number of hydroxylamine groups is 2. The van der Waals surface area contributed by atoms with Gasteiger partial charge in [0.25, 0.3) is 11.8 Å². The zero-order valence-electron chi connectivity index (χ0n) is 15.5. The topological polar surface area (TPSA) is 111 Å². The summed E-state index contributed by atoms with van der Waals surface area (Å²) in [5, 5.41) is 2.86. The van der Waals surface area contributed by atoms with Crippen molar-refractivity contribution in [2.45, 2.75) is 12.6 Å². The maximum Gasteiger partial charge on any atom is 0.408 e. The van der Waals surface area contributed by atoms with Gasteiger partial charge in [0, 0.05) is 0 Å². The van der Waals surface area contributed by atoms with Crippen molar-refractivity contribution in [3.63, 3.8) is 0 Å². The number of nitrogens with zero attached hydrogens (tertiary/aromatic N) is 1. The highest BCUT2D eigenvalue weighted by Gasteiger charge is 2.37. The fourth-order valence-electron chi connectivity index (χ4n) is 2.65. The molecule has 3 amide bonds. The molecule has 2 aromatic rings. The number of rotatable bonds is 7. The van der Waals surface area contributed by atoms with E-state index in [1.165, 1.54) is 12.1 Å². The average molecular weight is 398 g/mol. The molecule has 0 aliphatic carbocycles. The molecule has 1 aliphatic rings. The Labute approximate surface area is 166 Å². The number of esters is 1. The zero-order valence-corrected chi connectivity index (χ0v) is 15.5. The van der Waals surface area contributed by atoms with Gasteiger partial charge < -0.3 is 14.8 Å². The van der Waals surface area contributed by atoms with E-state index < -0.39 is 36.5 Å². The molecule has 0 radical (unpaired) electrons. The van der Waals surface area contributed by atoms with Gasteiger partial charge in [-0.3, -0.25) is 14.4 Å². The van der Waals surface area contributed by atoms with Gasteiger partial charge in [0.1, 0.15) is 13.2 Å². The Balaban J connectivity index is 1.58. The molecule has 1 atom stereocenters. The minimum atomic E-state index is -1.28. The van der Waals surface area contributed by atoms with Crippen molar-refractivity contribution < 1.29 is 33.5 Å². The maximum atomic E-state index is 12.3. The van der Waals surface area contributed by atoms with Gasteiger partial charge in [0.2, 0.25) is 0 Å². The first-order valence-electron chi connectivity index (χ1n) is 8.67. The third kappa shape index (κ3) is 4.58. The SMILES string of the molecule is COC(=O)[C@H](CON1C(=O)c2ccccc2C1=O)NC(=O)OCc1ccccc1. The monoisotopic (exact) mass is 398 g/mol.